The summed E-state index contributed by atoms with van der Waals surface area (Å²) >= 11 is 0. The van der Waals surface area contributed by atoms with Gasteiger partial charge in [0.1, 0.15) is 0 Å². The Bertz CT molecular complexity index is 732. The van der Waals surface area contributed by atoms with Gasteiger partial charge in [-0.15, -0.1) is 0 Å². The van der Waals surface area contributed by atoms with Crippen LogP contribution in [0, 0.1) is 27.7 Å². The summed E-state index contributed by atoms with van der Waals surface area (Å²) in [5, 5.41) is 2.78. The lowest BCUT2D eigenvalue weighted by atomic mass is 9.98. The topological polar surface area (TPSA) is 15.8 Å². The average Bonchev–Trinajstić information content (AvgIpc) is 2.67. The molecule has 2 aromatic carbocycles. The third kappa shape index (κ3) is 1.32. The number of fused-ring (bicyclic) bond motifs is 3. The standard InChI is InChI=1S/C16H17N/c1-9-6-5-7-13-14(9)15-12(4)10(2)8-11(3)16(15)17-13/h5-8,17H,1-4H3. The van der Waals surface area contributed by atoms with Crippen LogP contribution in [0.1, 0.15) is 22.3 Å². The summed E-state index contributed by atoms with van der Waals surface area (Å²) in [7, 11) is 0. The smallest absolute Gasteiger partial charge is 0.0497 e. The average molecular weight is 223 g/mol. The minimum atomic E-state index is 1.25. The second-order valence-electron chi connectivity index (χ2n) is 5.01. The monoisotopic (exact) mass is 223 g/mol. The highest BCUT2D eigenvalue weighted by atomic mass is 14.7. The van der Waals surface area contributed by atoms with Crippen LogP contribution in [0.3, 0.4) is 0 Å². The van der Waals surface area contributed by atoms with Gasteiger partial charge in [-0.3, -0.25) is 0 Å². The quantitative estimate of drug-likeness (QED) is 0.575. The van der Waals surface area contributed by atoms with Gasteiger partial charge < -0.3 is 4.98 Å². The molecule has 3 rings (SSSR count). The first-order valence-corrected chi connectivity index (χ1v) is 6.07. The summed E-state index contributed by atoms with van der Waals surface area (Å²) in [6.07, 6.45) is 0. The molecule has 0 amide bonds. The molecule has 0 bridgehead atoms. The molecule has 0 saturated heterocycles. The van der Waals surface area contributed by atoms with Crippen LogP contribution in [0.2, 0.25) is 0 Å². The maximum atomic E-state index is 3.56. The van der Waals surface area contributed by atoms with E-state index in [2.05, 4.69) is 56.9 Å². The normalized spacial score (nSPS) is 11.5. The second-order valence-corrected chi connectivity index (χ2v) is 5.01. The van der Waals surface area contributed by atoms with Crippen molar-refractivity contribution < 1.29 is 0 Å². The summed E-state index contributed by atoms with van der Waals surface area (Å²) in [6.45, 7) is 8.78. The van der Waals surface area contributed by atoms with Crippen LogP contribution in [-0.2, 0) is 0 Å². The lowest BCUT2D eigenvalue weighted by Crippen LogP contribution is -1.86. The van der Waals surface area contributed by atoms with Gasteiger partial charge in [0, 0.05) is 21.8 Å². The first kappa shape index (κ1) is 10.4. The molecular weight excluding hydrogens is 206 g/mol. The fraction of sp³-hybridized carbons (Fsp3) is 0.250. The van der Waals surface area contributed by atoms with E-state index in [4.69, 9.17) is 0 Å². The fourth-order valence-electron chi connectivity index (χ4n) is 2.80. The molecule has 1 heterocycles. The van der Waals surface area contributed by atoms with Gasteiger partial charge in [-0.05, 0) is 56.0 Å². The molecular formula is C16H17N. The van der Waals surface area contributed by atoms with Crippen molar-refractivity contribution in [2.75, 3.05) is 0 Å². The Kier molecular flexibility index (Phi) is 2.06. The number of aromatic amines is 1. The van der Waals surface area contributed by atoms with E-state index in [-0.39, 0.29) is 0 Å². The SMILES string of the molecule is Cc1cc(C)c2[nH]c3cccc(C)c3c2c1C. The molecule has 0 aliphatic carbocycles. The Morgan fingerprint density at radius 1 is 0.824 bits per heavy atom. The molecule has 0 atom stereocenters. The molecule has 1 nitrogen and oxygen atoms in total. The van der Waals surface area contributed by atoms with Crippen LogP contribution in [0.25, 0.3) is 21.8 Å². The summed E-state index contributed by atoms with van der Waals surface area (Å²) < 4.78 is 0. The van der Waals surface area contributed by atoms with Crippen molar-refractivity contribution in [3.05, 3.63) is 46.5 Å². The van der Waals surface area contributed by atoms with Crippen molar-refractivity contribution in [3.63, 3.8) is 0 Å². The van der Waals surface area contributed by atoms with Crippen LogP contribution in [0.4, 0.5) is 0 Å². The number of benzene rings is 2. The Morgan fingerprint density at radius 3 is 2.35 bits per heavy atom. The molecule has 1 heteroatoms. The minimum Gasteiger partial charge on any atom is -0.354 e. The Hall–Kier alpha value is -1.76. The Morgan fingerprint density at radius 2 is 1.59 bits per heavy atom. The molecule has 0 fully saturated rings. The Balaban J connectivity index is 2.68. The van der Waals surface area contributed by atoms with Crippen molar-refractivity contribution in [1.82, 2.24) is 4.98 Å². The van der Waals surface area contributed by atoms with Crippen LogP contribution in [0.5, 0.6) is 0 Å². The number of H-pyrrole nitrogens is 1. The van der Waals surface area contributed by atoms with E-state index in [9.17, 15) is 0 Å². The van der Waals surface area contributed by atoms with Gasteiger partial charge in [-0.1, -0.05) is 18.2 Å². The van der Waals surface area contributed by atoms with E-state index in [1.165, 1.54) is 44.1 Å². The van der Waals surface area contributed by atoms with Crippen LogP contribution in [0.15, 0.2) is 24.3 Å². The van der Waals surface area contributed by atoms with Crippen molar-refractivity contribution in [2.45, 2.75) is 27.7 Å². The van der Waals surface area contributed by atoms with Gasteiger partial charge in [0.2, 0.25) is 0 Å². The molecule has 1 aromatic heterocycles. The zero-order valence-electron chi connectivity index (χ0n) is 10.8. The summed E-state index contributed by atoms with van der Waals surface area (Å²) in [5.74, 6) is 0. The van der Waals surface area contributed by atoms with Crippen molar-refractivity contribution in [3.8, 4) is 0 Å². The van der Waals surface area contributed by atoms with Gasteiger partial charge in [-0.25, -0.2) is 0 Å². The fourth-order valence-corrected chi connectivity index (χ4v) is 2.80. The minimum absolute atomic E-state index is 1.25. The van der Waals surface area contributed by atoms with E-state index in [1.807, 2.05) is 0 Å². The molecule has 1 N–H and O–H groups in total. The van der Waals surface area contributed by atoms with Gasteiger partial charge in [0.05, 0.1) is 0 Å². The predicted molar refractivity (Wildman–Crippen MR) is 74.8 cm³/mol. The number of rotatable bonds is 0. The highest BCUT2D eigenvalue weighted by Crippen LogP contribution is 2.33. The molecule has 3 aromatic rings. The van der Waals surface area contributed by atoms with E-state index in [0.29, 0.717) is 0 Å². The molecule has 17 heavy (non-hydrogen) atoms. The molecule has 0 radical (unpaired) electrons. The molecule has 86 valence electrons. The predicted octanol–water partition coefficient (Wildman–Crippen LogP) is 4.55. The van der Waals surface area contributed by atoms with Crippen molar-refractivity contribution in [1.29, 1.82) is 0 Å². The number of aryl methyl sites for hydroxylation is 4. The molecule has 0 aliphatic heterocycles. The van der Waals surface area contributed by atoms with Crippen LogP contribution < -0.4 is 0 Å². The Labute approximate surface area is 101 Å². The number of hydrogen-bond donors (Lipinski definition) is 1. The molecule has 0 saturated carbocycles. The van der Waals surface area contributed by atoms with E-state index in [1.54, 1.807) is 0 Å². The van der Waals surface area contributed by atoms with Gasteiger partial charge in [-0.2, -0.15) is 0 Å². The lowest BCUT2D eigenvalue weighted by molar-refractivity contribution is 1.34. The first-order chi connectivity index (χ1) is 8.09. The summed E-state index contributed by atoms with van der Waals surface area (Å²) in [5.41, 5.74) is 7.99. The highest BCUT2D eigenvalue weighted by molar-refractivity contribution is 6.11. The molecule has 0 spiro atoms. The third-order valence-electron chi connectivity index (χ3n) is 3.83. The number of nitrogens with one attached hydrogen (secondary N) is 1. The van der Waals surface area contributed by atoms with E-state index < -0.39 is 0 Å². The second kappa shape index (κ2) is 3.36. The zero-order valence-corrected chi connectivity index (χ0v) is 10.8. The maximum Gasteiger partial charge on any atom is 0.0497 e. The highest BCUT2D eigenvalue weighted by Gasteiger charge is 2.11. The largest absolute Gasteiger partial charge is 0.354 e. The van der Waals surface area contributed by atoms with Crippen LogP contribution >= 0.6 is 0 Å². The van der Waals surface area contributed by atoms with E-state index in [0.717, 1.165) is 0 Å². The number of hydrogen-bond acceptors (Lipinski definition) is 0. The zero-order chi connectivity index (χ0) is 12.2. The number of aromatic nitrogens is 1. The van der Waals surface area contributed by atoms with E-state index >= 15 is 0 Å². The first-order valence-electron chi connectivity index (χ1n) is 6.07. The van der Waals surface area contributed by atoms with Gasteiger partial charge >= 0.3 is 0 Å². The molecule has 0 aliphatic rings. The summed E-state index contributed by atoms with van der Waals surface area (Å²) in [4.78, 5) is 3.56. The third-order valence-corrected chi connectivity index (χ3v) is 3.83. The maximum absolute atomic E-state index is 3.56. The molecule has 0 unspecified atom stereocenters. The van der Waals surface area contributed by atoms with Crippen LogP contribution in [-0.4, -0.2) is 4.98 Å². The summed E-state index contributed by atoms with van der Waals surface area (Å²) in [6, 6.07) is 8.73. The van der Waals surface area contributed by atoms with Gasteiger partial charge in [0.15, 0.2) is 0 Å². The van der Waals surface area contributed by atoms with Crippen molar-refractivity contribution in [2.24, 2.45) is 0 Å². The lowest BCUT2D eigenvalue weighted by Gasteiger charge is -2.06. The van der Waals surface area contributed by atoms with Gasteiger partial charge in [0.25, 0.3) is 0 Å². The van der Waals surface area contributed by atoms with Crippen molar-refractivity contribution >= 4 is 21.8 Å².